The molecule has 0 saturated carbocycles. The monoisotopic (exact) mass is 325 g/mol. The van der Waals surface area contributed by atoms with Crippen LogP contribution < -0.4 is 5.73 Å². The first-order valence-electron chi connectivity index (χ1n) is 7.21. The third-order valence-electron chi connectivity index (χ3n) is 3.66. The van der Waals surface area contributed by atoms with Gasteiger partial charge in [-0.15, -0.1) is 0 Å². The van der Waals surface area contributed by atoms with Crippen LogP contribution in [0.5, 0.6) is 0 Å². The highest BCUT2D eigenvalue weighted by Gasteiger charge is 2.08. The number of nitrogens with zero attached hydrogens (tertiary/aromatic N) is 2. The molecular weight excluding hydrogens is 310 g/mol. The maximum Gasteiger partial charge on any atom is 0.237 e. The number of halogens is 1. The topological polar surface area (TPSA) is 60.4 Å². The largest absolute Gasteiger partial charge is 0.368 e. The number of carbonyl (C=O) groups excluding carboxylic acids is 1. The Balaban J connectivity index is 2.04. The van der Waals surface area contributed by atoms with Crippen LogP contribution in [0.15, 0.2) is 53.7 Å². The smallest absolute Gasteiger partial charge is 0.237 e. The van der Waals surface area contributed by atoms with Crippen LogP contribution in [0, 0.1) is 6.92 Å². The number of rotatable bonds is 4. The minimum atomic E-state index is -0.375. The third kappa shape index (κ3) is 3.27. The molecule has 23 heavy (non-hydrogen) atoms. The van der Waals surface area contributed by atoms with Crippen LogP contribution in [0.4, 0.5) is 5.69 Å². The Morgan fingerprint density at radius 1 is 1.30 bits per heavy atom. The number of nitrogens with two attached hydrogens (primary N) is 1. The van der Waals surface area contributed by atoms with Crippen molar-refractivity contribution in [2.24, 2.45) is 10.7 Å². The van der Waals surface area contributed by atoms with E-state index in [2.05, 4.69) is 4.99 Å². The van der Waals surface area contributed by atoms with Crippen LogP contribution in [0.3, 0.4) is 0 Å². The van der Waals surface area contributed by atoms with Crippen molar-refractivity contribution < 1.29 is 4.79 Å². The van der Waals surface area contributed by atoms with Gasteiger partial charge in [0.05, 0.1) is 5.69 Å². The zero-order valence-corrected chi connectivity index (χ0v) is 13.4. The lowest BCUT2D eigenvalue weighted by atomic mass is 10.2. The number of carbonyl (C=O) groups is 1. The van der Waals surface area contributed by atoms with Gasteiger partial charge in [0.15, 0.2) is 0 Å². The summed E-state index contributed by atoms with van der Waals surface area (Å²) in [5, 5.41) is 1.68. The van der Waals surface area contributed by atoms with Crippen molar-refractivity contribution in [1.29, 1.82) is 0 Å². The lowest BCUT2D eigenvalue weighted by Crippen LogP contribution is -2.17. The number of aromatic nitrogens is 1. The van der Waals surface area contributed by atoms with Crippen LogP contribution in [-0.4, -0.2) is 16.7 Å². The first-order valence-corrected chi connectivity index (χ1v) is 7.59. The van der Waals surface area contributed by atoms with Gasteiger partial charge in [-0.2, -0.15) is 0 Å². The molecule has 2 N–H and O–H groups in total. The van der Waals surface area contributed by atoms with Crippen molar-refractivity contribution in [3.05, 3.63) is 64.8 Å². The van der Waals surface area contributed by atoms with Gasteiger partial charge >= 0.3 is 0 Å². The zero-order valence-electron chi connectivity index (χ0n) is 12.7. The minimum absolute atomic E-state index is 0.143. The van der Waals surface area contributed by atoms with Crippen molar-refractivity contribution >= 4 is 40.3 Å². The fourth-order valence-electron chi connectivity index (χ4n) is 2.54. The number of aliphatic imine (C=N–C) groups is 1. The number of hydrogen-bond donors (Lipinski definition) is 1. The highest BCUT2D eigenvalue weighted by atomic mass is 35.5. The Bertz CT molecular complexity index is 912. The van der Waals surface area contributed by atoms with Gasteiger partial charge in [-0.1, -0.05) is 35.9 Å². The van der Waals surface area contributed by atoms with E-state index in [0.717, 1.165) is 27.7 Å². The molecule has 0 unspecified atom stereocenters. The van der Waals surface area contributed by atoms with Crippen LogP contribution in [0.25, 0.3) is 10.9 Å². The Morgan fingerprint density at radius 2 is 2.09 bits per heavy atom. The lowest BCUT2D eigenvalue weighted by molar-refractivity contribution is -0.118. The van der Waals surface area contributed by atoms with E-state index in [1.165, 1.54) is 0 Å². The van der Waals surface area contributed by atoms with Crippen LogP contribution >= 0.6 is 11.6 Å². The van der Waals surface area contributed by atoms with Gasteiger partial charge in [0.1, 0.15) is 6.54 Å². The first-order chi connectivity index (χ1) is 11.0. The number of primary amides is 1. The Hall–Kier alpha value is -2.59. The fraction of sp³-hybridized carbons (Fsp3) is 0.111. The molecule has 3 rings (SSSR count). The molecule has 2 aromatic carbocycles. The zero-order chi connectivity index (χ0) is 16.4. The lowest BCUT2D eigenvalue weighted by Gasteiger charge is -2.00. The van der Waals surface area contributed by atoms with Crippen molar-refractivity contribution in [1.82, 2.24) is 4.57 Å². The van der Waals surface area contributed by atoms with Crippen LogP contribution in [-0.2, 0) is 11.3 Å². The van der Waals surface area contributed by atoms with E-state index in [-0.39, 0.29) is 12.5 Å². The molecule has 1 aromatic heterocycles. The Labute approximate surface area is 139 Å². The molecule has 0 saturated heterocycles. The first kappa shape index (κ1) is 15.3. The van der Waals surface area contributed by atoms with Gasteiger partial charge in [-0.05, 0) is 30.7 Å². The van der Waals surface area contributed by atoms with Gasteiger partial charge in [-0.25, -0.2) is 0 Å². The highest BCUT2D eigenvalue weighted by molar-refractivity contribution is 6.30. The average molecular weight is 326 g/mol. The van der Waals surface area contributed by atoms with E-state index >= 15 is 0 Å². The van der Waals surface area contributed by atoms with Gasteiger partial charge < -0.3 is 10.3 Å². The van der Waals surface area contributed by atoms with Gasteiger partial charge in [0, 0.05) is 33.9 Å². The molecule has 4 nitrogen and oxygen atoms in total. The Morgan fingerprint density at radius 3 is 2.87 bits per heavy atom. The maximum absolute atomic E-state index is 11.2. The predicted molar refractivity (Wildman–Crippen MR) is 94.6 cm³/mol. The second kappa shape index (κ2) is 6.26. The van der Waals surface area contributed by atoms with Crippen LogP contribution in [0.2, 0.25) is 5.02 Å². The molecule has 0 aliphatic carbocycles. The summed E-state index contributed by atoms with van der Waals surface area (Å²) < 4.78 is 1.84. The number of para-hydroxylation sites is 1. The van der Waals surface area contributed by atoms with E-state index in [9.17, 15) is 4.79 Å². The van der Waals surface area contributed by atoms with E-state index in [0.29, 0.717) is 5.02 Å². The highest BCUT2D eigenvalue weighted by Crippen LogP contribution is 2.24. The summed E-state index contributed by atoms with van der Waals surface area (Å²) in [6.45, 7) is 2.13. The van der Waals surface area contributed by atoms with Gasteiger partial charge in [0.25, 0.3) is 0 Å². The van der Waals surface area contributed by atoms with Crippen molar-refractivity contribution in [2.75, 3.05) is 0 Å². The Kier molecular flexibility index (Phi) is 4.17. The fourth-order valence-corrected chi connectivity index (χ4v) is 2.70. The summed E-state index contributed by atoms with van der Waals surface area (Å²) in [5.74, 6) is -0.375. The molecule has 3 aromatic rings. The molecule has 0 aliphatic rings. The molecule has 116 valence electrons. The molecule has 5 heteroatoms. The maximum atomic E-state index is 11.2. The molecule has 0 radical (unpaired) electrons. The van der Waals surface area contributed by atoms with E-state index in [4.69, 9.17) is 17.3 Å². The van der Waals surface area contributed by atoms with Crippen LogP contribution in [0.1, 0.15) is 11.1 Å². The van der Waals surface area contributed by atoms with E-state index in [1.807, 2.05) is 60.2 Å². The minimum Gasteiger partial charge on any atom is -0.368 e. The summed E-state index contributed by atoms with van der Waals surface area (Å²) in [6.07, 6.45) is 3.68. The molecule has 0 bridgehead atoms. The van der Waals surface area contributed by atoms with Gasteiger partial charge in [0.2, 0.25) is 5.91 Å². The molecule has 0 fully saturated rings. The summed E-state index contributed by atoms with van der Waals surface area (Å²) in [6, 6.07) is 13.5. The van der Waals surface area contributed by atoms with E-state index in [1.54, 1.807) is 6.21 Å². The third-order valence-corrected chi connectivity index (χ3v) is 3.89. The molecular formula is C18H16ClN3O. The standard InChI is InChI=1S/C18H16ClN3O/c1-12-6-7-14(19)8-16(12)21-9-13-10-22(11-18(20)23)17-5-3-2-4-15(13)17/h2-10H,11H2,1H3,(H2,20,23). The van der Waals surface area contributed by atoms with Gasteiger partial charge in [-0.3, -0.25) is 9.79 Å². The number of hydrogen-bond acceptors (Lipinski definition) is 2. The van der Waals surface area contributed by atoms with E-state index < -0.39 is 0 Å². The van der Waals surface area contributed by atoms with Crippen molar-refractivity contribution in [3.8, 4) is 0 Å². The van der Waals surface area contributed by atoms with Crippen molar-refractivity contribution in [3.63, 3.8) is 0 Å². The SMILES string of the molecule is Cc1ccc(Cl)cc1N=Cc1cn(CC(N)=O)c2ccccc12. The summed E-state index contributed by atoms with van der Waals surface area (Å²) in [5.41, 5.74) is 9.08. The quantitative estimate of drug-likeness (QED) is 0.728. The molecule has 0 aliphatic heterocycles. The second-order valence-corrected chi connectivity index (χ2v) is 5.82. The number of benzene rings is 2. The van der Waals surface area contributed by atoms with Crippen molar-refractivity contribution in [2.45, 2.75) is 13.5 Å². The summed E-state index contributed by atoms with van der Waals surface area (Å²) >= 11 is 6.03. The average Bonchev–Trinajstić information content (AvgIpc) is 2.86. The number of fused-ring (bicyclic) bond motifs is 1. The molecule has 1 amide bonds. The number of aryl methyl sites for hydroxylation is 1. The number of amides is 1. The molecule has 0 spiro atoms. The summed E-state index contributed by atoms with van der Waals surface area (Å²) in [7, 11) is 0. The molecule has 0 atom stereocenters. The molecule has 1 heterocycles. The predicted octanol–water partition coefficient (Wildman–Crippen LogP) is 3.84. The second-order valence-electron chi connectivity index (χ2n) is 5.38. The summed E-state index contributed by atoms with van der Waals surface area (Å²) in [4.78, 5) is 15.8. The normalized spacial score (nSPS) is 11.4.